The maximum Gasteiger partial charge on any atom is 0.257 e. The highest BCUT2D eigenvalue weighted by molar-refractivity contribution is 6.04. The molecule has 0 aliphatic heterocycles. The summed E-state index contributed by atoms with van der Waals surface area (Å²) in [7, 11) is 0. The van der Waals surface area contributed by atoms with Crippen molar-refractivity contribution in [1.29, 1.82) is 0 Å². The van der Waals surface area contributed by atoms with Crippen molar-refractivity contribution in [3.05, 3.63) is 53.9 Å². The lowest BCUT2D eigenvalue weighted by Gasteiger charge is -2.13. The fraction of sp³-hybridized carbons (Fsp3) is 0.278. The van der Waals surface area contributed by atoms with Crippen LogP contribution in [-0.2, 0) is 11.2 Å². The van der Waals surface area contributed by atoms with Gasteiger partial charge < -0.3 is 16.4 Å². The number of aromatic nitrogens is 1. The van der Waals surface area contributed by atoms with Gasteiger partial charge in [-0.25, -0.2) is 0 Å². The second-order valence-electron chi connectivity index (χ2n) is 5.36. The average molecular weight is 326 g/mol. The Morgan fingerprint density at radius 2 is 2.04 bits per heavy atom. The van der Waals surface area contributed by atoms with Gasteiger partial charge in [-0.15, -0.1) is 0 Å². The molecule has 0 atom stereocenters. The molecule has 4 N–H and O–H groups in total. The van der Waals surface area contributed by atoms with Gasteiger partial charge in [0, 0.05) is 30.2 Å². The van der Waals surface area contributed by atoms with E-state index in [2.05, 4.69) is 15.6 Å². The van der Waals surface area contributed by atoms with Gasteiger partial charge >= 0.3 is 0 Å². The van der Waals surface area contributed by atoms with Crippen molar-refractivity contribution in [3.63, 3.8) is 0 Å². The van der Waals surface area contributed by atoms with Crippen LogP contribution in [0.2, 0.25) is 0 Å². The minimum atomic E-state index is -0.243. The van der Waals surface area contributed by atoms with Crippen molar-refractivity contribution in [2.24, 2.45) is 5.73 Å². The molecule has 1 aromatic carbocycles. The lowest BCUT2D eigenvalue weighted by molar-refractivity contribution is -0.116. The van der Waals surface area contributed by atoms with E-state index in [-0.39, 0.29) is 11.8 Å². The van der Waals surface area contributed by atoms with Crippen molar-refractivity contribution in [2.75, 3.05) is 17.2 Å². The lowest BCUT2D eigenvalue weighted by atomic mass is 10.1. The van der Waals surface area contributed by atoms with Crippen LogP contribution in [-0.4, -0.2) is 23.3 Å². The van der Waals surface area contributed by atoms with Crippen LogP contribution in [0.4, 0.5) is 11.4 Å². The highest BCUT2D eigenvalue weighted by Gasteiger charge is 2.10. The summed E-state index contributed by atoms with van der Waals surface area (Å²) in [6.07, 6.45) is 4.92. The zero-order valence-corrected chi connectivity index (χ0v) is 13.7. The van der Waals surface area contributed by atoms with Gasteiger partial charge in [0.2, 0.25) is 5.91 Å². The predicted molar refractivity (Wildman–Crippen MR) is 94.9 cm³/mol. The van der Waals surface area contributed by atoms with Crippen LogP contribution in [0.1, 0.15) is 35.7 Å². The third kappa shape index (κ3) is 4.89. The fourth-order valence-corrected chi connectivity index (χ4v) is 2.25. The third-order valence-corrected chi connectivity index (χ3v) is 3.55. The molecule has 2 rings (SSSR count). The molecule has 126 valence electrons. The molecule has 0 unspecified atom stereocenters. The van der Waals surface area contributed by atoms with Gasteiger partial charge in [0.15, 0.2) is 0 Å². The number of nitrogens with two attached hydrogens (primary N) is 1. The first-order valence-corrected chi connectivity index (χ1v) is 7.98. The molecule has 24 heavy (non-hydrogen) atoms. The highest BCUT2D eigenvalue weighted by Crippen LogP contribution is 2.22. The second kappa shape index (κ2) is 8.79. The average Bonchev–Trinajstić information content (AvgIpc) is 2.61. The van der Waals surface area contributed by atoms with Crippen molar-refractivity contribution in [2.45, 2.75) is 26.2 Å². The van der Waals surface area contributed by atoms with Crippen molar-refractivity contribution in [3.8, 4) is 0 Å². The molecule has 0 bridgehead atoms. The number of pyridine rings is 1. The zero-order chi connectivity index (χ0) is 17.4. The summed E-state index contributed by atoms with van der Waals surface area (Å²) in [5, 5.41) is 5.71. The lowest BCUT2D eigenvalue weighted by Crippen LogP contribution is -2.16. The Hall–Kier alpha value is -2.73. The highest BCUT2D eigenvalue weighted by atomic mass is 16.2. The maximum absolute atomic E-state index is 12.2. The number of nitrogens with zero attached hydrogens (tertiary/aromatic N) is 1. The third-order valence-electron chi connectivity index (χ3n) is 3.55. The summed E-state index contributed by atoms with van der Waals surface area (Å²) >= 11 is 0. The van der Waals surface area contributed by atoms with Crippen molar-refractivity contribution in [1.82, 2.24) is 4.98 Å². The number of carbonyl (C=O) groups excluding carboxylic acids is 2. The summed E-state index contributed by atoms with van der Waals surface area (Å²) < 4.78 is 0. The molecule has 2 aromatic rings. The molecule has 0 spiro atoms. The Morgan fingerprint density at radius 3 is 2.71 bits per heavy atom. The standard InChI is InChI=1S/C18H22N4O2/c1-2-13-7-8-15(11-16(13)22-17(23)6-3-9-19)21-18(24)14-5-4-10-20-12-14/h4-5,7-8,10-12H,2-3,6,9,19H2,1H3,(H,21,24)(H,22,23). The SMILES string of the molecule is CCc1ccc(NC(=O)c2cccnc2)cc1NC(=O)CCCN. The topological polar surface area (TPSA) is 97.1 Å². The number of carbonyl (C=O) groups is 2. The fourth-order valence-electron chi connectivity index (χ4n) is 2.25. The van der Waals surface area contributed by atoms with E-state index in [1.54, 1.807) is 24.4 Å². The molecule has 6 heteroatoms. The van der Waals surface area contributed by atoms with Gasteiger partial charge in [0.05, 0.1) is 5.56 Å². The Kier molecular flexibility index (Phi) is 6.45. The van der Waals surface area contributed by atoms with Crippen LogP contribution < -0.4 is 16.4 Å². The van der Waals surface area contributed by atoms with Gasteiger partial charge in [-0.1, -0.05) is 13.0 Å². The van der Waals surface area contributed by atoms with Gasteiger partial charge in [0.25, 0.3) is 5.91 Å². The molecule has 0 saturated carbocycles. The van der Waals surface area contributed by atoms with Gasteiger partial charge in [-0.2, -0.15) is 0 Å². The van der Waals surface area contributed by atoms with E-state index in [4.69, 9.17) is 5.73 Å². The molecule has 0 radical (unpaired) electrons. The molecular weight excluding hydrogens is 304 g/mol. The number of aryl methyl sites for hydroxylation is 1. The summed E-state index contributed by atoms with van der Waals surface area (Å²) in [4.78, 5) is 28.1. The molecule has 1 heterocycles. The second-order valence-corrected chi connectivity index (χ2v) is 5.36. The summed E-state index contributed by atoms with van der Waals surface area (Å²) in [5.74, 6) is -0.321. The number of anilines is 2. The van der Waals surface area contributed by atoms with E-state index < -0.39 is 0 Å². The molecule has 6 nitrogen and oxygen atoms in total. The summed E-state index contributed by atoms with van der Waals surface area (Å²) in [6.45, 7) is 2.49. The van der Waals surface area contributed by atoms with E-state index in [1.165, 1.54) is 6.20 Å². The Bertz CT molecular complexity index is 701. The van der Waals surface area contributed by atoms with Gasteiger partial charge in [-0.05, 0) is 49.2 Å². The number of hydrogen-bond acceptors (Lipinski definition) is 4. The largest absolute Gasteiger partial charge is 0.330 e. The van der Waals surface area contributed by atoms with E-state index >= 15 is 0 Å². The molecular formula is C18H22N4O2. The summed E-state index contributed by atoms with van der Waals surface area (Å²) in [6, 6.07) is 8.89. The van der Waals surface area contributed by atoms with E-state index in [0.29, 0.717) is 36.3 Å². The Labute approximate surface area is 141 Å². The minimum Gasteiger partial charge on any atom is -0.330 e. The van der Waals surface area contributed by atoms with Gasteiger partial charge in [0.1, 0.15) is 0 Å². The predicted octanol–water partition coefficient (Wildman–Crippen LogP) is 2.57. The first kappa shape index (κ1) is 17.6. The smallest absolute Gasteiger partial charge is 0.257 e. The minimum absolute atomic E-state index is 0.0779. The number of nitrogens with one attached hydrogen (secondary N) is 2. The van der Waals surface area contributed by atoms with Crippen molar-refractivity contribution < 1.29 is 9.59 Å². The number of rotatable bonds is 7. The van der Waals surface area contributed by atoms with Crippen LogP contribution in [0.3, 0.4) is 0 Å². The number of amides is 2. The maximum atomic E-state index is 12.2. The van der Waals surface area contributed by atoms with Crippen LogP contribution in [0.5, 0.6) is 0 Å². The summed E-state index contributed by atoms with van der Waals surface area (Å²) in [5.41, 5.74) is 8.25. The van der Waals surface area contributed by atoms with Crippen LogP contribution >= 0.6 is 0 Å². The first-order valence-electron chi connectivity index (χ1n) is 7.98. The first-order chi connectivity index (χ1) is 11.6. The molecule has 0 fully saturated rings. The monoisotopic (exact) mass is 326 g/mol. The Morgan fingerprint density at radius 1 is 1.21 bits per heavy atom. The molecule has 0 saturated heterocycles. The van der Waals surface area contributed by atoms with Crippen LogP contribution in [0.25, 0.3) is 0 Å². The molecule has 0 aliphatic rings. The molecule has 2 amide bonds. The number of benzene rings is 1. The van der Waals surface area contributed by atoms with E-state index in [1.807, 2.05) is 19.1 Å². The van der Waals surface area contributed by atoms with Crippen molar-refractivity contribution >= 4 is 23.2 Å². The quantitative estimate of drug-likeness (QED) is 0.728. The Balaban J connectivity index is 2.12. The van der Waals surface area contributed by atoms with Crippen LogP contribution in [0.15, 0.2) is 42.7 Å². The zero-order valence-electron chi connectivity index (χ0n) is 13.7. The number of hydrogen-bond donors (Lipinski definition) is 3. The molecule has 0 aliphatic carbocycles. The normalized spacial score (nSPS) is 10.2. The van der Waals surface area contributed by atoms with Gasteiger partial charge in [-0.3, -0.25) is 14.6 Å². The van der Waals surface area contributed by atoms with E-state index in [0.717, 1.165) is 12.0 Å². The molecule has 1 aromatic heterocycles. The van der Waals surface area contributed by atoms with E-state index in [9.17, 15) is 9.59 Å². The van der Waals surface area contributed by atoms with Crippen LogP contribution in [0, 0.1) is 0 Å².